The molecule has 0 aliphatic heterocycles. The quantitative estimate of drug-likeness (QED) is 0.593. The Balaban J connectivity index is 2.53. The van der Waals surface area contributed by atoms with Crippen LogP contribution in [0.25, 0.3) is 0 Å². The summed E-state index contributed by atoms with van der Waals surface area (Å²) in [6, 6.07) is 5.33. The maximum absolute atomic E-state index is 11.8. The normalized spacial score (nSPS) is 12.1. The van der Waals surface area contributed by atoms with Gasteiger partial charge < -0.3 is 9.84 Å². The van der Waals surface area contributed by atoms with E-state index in [-0.39, 0.29) is 12.3 Å². The summed E-state index contributed by atoms with van der Waals surface area (Å²) in [5, 5.41) is 19.2. The zero-order chi connectivity index (χ0) is 11.3. The van der Waals surface area contributed by atoms with Gasteiger partial charge >= 0.3 is 0 Å². The molecule has 6 heteroatoms. The number of hydrogen-bond donors (Lipinski definition) is 1. The second-order valence-corrected chi connectivity index (χ2v) is 2.87. The van der Waals surface area contributed by atoms with Gasteiger partial charge in [0.2, 0.25) is 0 Å². The number of aliphatic hydroxyl groups excluding tert-OH is 1. The number of benzene rings is 1. The SMILES string of the molecule is O=[N+]([O-])c1ccc(OCC(O)CF)cc1. The number of ether oxygens (including phenoxy) is 1. The third-order valence-electron chi connectivity index (χ3n) is 1.67. The molecule has 0 saturated heterocycles. The van der Waals surface area contributed by atoms with Crippen molar-refractivity contribution < 1.29 is 19.2 Å². The van der Waals surface area contributed by atoms with Gasteiger partial charge in [-0.15, -0.1) is 0 Å². The summed E-state index contributed by atoms with van der Waals surface area (Å²) in [5.74, 6) is 0.355. The van der Waals surface area contributed by atoms with Gasteiger partial charge in [-0.1, -0.05) is 0 Å². The molecule has 1 atom stereocenters. The molecule has 0 aliphatic carbocycles. The minimum atomic E-state index is -1.17. The van der Waals surface area contributed by atoms with E-state index in [0.717, 1.165) is 0 Å². The first-order valence-electron chi connectivity index (χ1n) is 4.24. The fourth-order valence-electron chi connectivity index (χ4n) is 0.901. The number of nitrogens with zero attached hydrogens (tertiary/aromatic N) is 1. The molecule has 0 heterocycles. The van der Waals surface area contributed by atoms with Crippen molar-refractivity contribution in [1.82, 2.24) is 0 Å². The molecule has 82 valence electrons. The van der Waals surface area contributed by atoms with Crippen molar-refractivity contribution in [2.24, 2.45) is 0 Å². The first-order chi connectivity index (χ1) is 7.13. The number of non-ortho nitro benzene ring substituents is 1. The molecule has 5 nitrogen and oxygen atoms in total. The zero-order valence-electron chi connectivity index (χ0n) is 7.80. The molecular weight excluding hydrogens is 205 g/mol. The van der Waals surface area contributed by atoms with Crippen molar-refractivity contribution in [3.05, 3.63) is 34.4 Å². The monoisotopic (exact) mass is 215 g/mol. The lowest BCUT2D eigenvalue weighted by molar-refractivity contribution is -0.384. The summed E-state index contributed by atoms with van der Waals surface area (Å²) in [7, 11) is 0. The van der Waals surface area contributed by atoms with Crippen molar-refractivity contribution in [1.29, 1.82) is 0 Å². The molecule has 0 fully saturated rings. The van der Waals surface area contributed by atoms with E-state index >= 15 is 0 Å². The lowest BCUT2D eigenvalue weighted by Gasteiger charge is -2.08. The van der Waals surface area contributed by atoms with Crippen LogP contribution < -0.4 is 4.74 Å². The highest BCUT2D eigenvalue weighted by molar-refractivity contribution is 5.35. The van der Waals surface area contributed by atoms with Crippen LogP contribution in [-0.4, -0.2) is 29.4 Å². The molecule has 1 aromatic carbocycles. The highest BCUT2D eigenvalue weighted by Crippen LogP contribution is 2.17. The third kappa shape index (κ3) is 3.51. The number of alkyl halides is 1. The fraction of sp³-hybridized carbons (Fsp3) is 0.333. The van der Waals surface area contributed by atoms with Crippen LogP contribution in [0.3, 0.4) is 0 Å². The molecule has 0 radical (unpaired) electrons. The minimum Gasteiger partial charge on any atom is -0.491 e. The van der Waals surface area contributed by atoms with Crippen LogP contribution in [-0.2, 0) is 0 Å². The lowest BCUT2D eigenvalue weighted by Crippen LogP contribution is -2.19. The number of nitro groups is 1. The number of aliphatic hydroxyl groups is 1. The first kappa shape index (κ1) is 11.4. The van der Waals surface area contributed by atoms with Crippen molar-refractivity contribution in [2.45, 2.75) is 6.10 Å². The molecule has 0 aromatic heterocycles. The molecule has 0 spiro atoms. The van der Waals surface area contributed by atoms with Gasteiger partial charge in [0.15, 0.2) is 0 Å². The topological polar surface area (TPSA) is 72.6 Å². The Hall–Kier alpha value is -1.69. The minimum absolute atomic E-state index is 0.0478. The van der Waals surface area contributed by atoms with E-state index in [1.807, 2.05) is 0 Å². The first-order valence-corrected chi connectivity index (χ1v) is 4.24. The summed E-state index contributed by atoms with van der Waals surface area (Å²) in [6.45, 7) is -1.05. The van der Waals surface area contributed by atoms with Crippen LogP contribution in [0.5, 0.6) is 5.75 Å². The van der Waals surface area contributed by atoms with Crippen LogP contribution in [0.2, 0.25) is 0 Å². The van der Waals surface area contributed by atoms with Gasteiger partial charge in [0.05, 0.1) is 4.92 Å². The van der Waals surface area contributed by atoms with Crippen LogP contribution in [0.15, 0.2) is 24.3 Å². The molecule has 1 N–H and O–H groups in total. The average molecular weight is 215 g/mol. The van der Waals surface area contributed by atoms with Gasteiger partial charge in [0, 0.05) is 12.1 Å². The van der Waals surface area contributed by atoms with Gasteiger partial charge in [-0.3, -0.25) is 10.1 Å². The Kier molecular flexibility index (Phi) is 3.99. The van der Waals surface area contributed by atoms with Gasteiger partial charge in [-0.05, 0) is 12.1 Å². The second-order valence-electron chi connectivity index (χ2n) is 2.87. The second kappa shape index (κ2) is 5.26. The van der Waals surface area contributed by atoms with Crippen LogP contribution >= 0.6 is 0 Å². The van der Waals surface area contributed by atoms with Gasteiger partial charge in [0.1, 0.15) is 25.1 Å². The summed E-state index contributed by atoms with van der Waals surface area (Å²) in [4.78, 5) is 9.77. The molecule has 0 bridgehead atoms. The number of nitro benzene ring substituents is 1. The Morgan fingerprint density at radius 1 is 1.47 bits per heavy atom. The molecular formula is C9H10FNO4. The largest absolute Gasteiger partial charge is 0.491 e. The standard InChI is InChI=1S/C9H10FNO4/c10-5-8(12)6-15-9-3-1-7(2-4-9)11(13)14/h1-4,8,12H,5-6H2. The maximum atomic E-state index is 11.8. The predicted octanol–water partition coefficient (Wildman–Crippen LogP) is 1.30. The zero-order valence-corrected chi connectivity index (χ0v) is 7.80. The molecule has 0 aliphatic rings. The van der Waals surface area contributed by atoms with E-state index in [2.05, 4.69) is 0 Å². The number of hydrogen-bond acceptors (Lipinski definition) is 4. The summed E-state index contributed by atoms with van der Waals surface area (Å²) < 4.78 is 16.8. The van der Waals surface area contributed by atoms with Crippen molar-refractivity contribution in [3.8, 4) is 5.75 Å². The predicted molar refractivity (Wildman–Crippen MR) is 50.6 cm³/mol. The summed E-state index contributed by atoms with van der Waals surface area (Å²) >= 11 is 0. The highest BCUT2D eigenvalue weighted by Gasteiger charge is 2.06. The fourth-order valence-corrected chi connectivity index (χ4v) is 0.901. The maximum Gasteiger partial charge on any atom is 0.269 e. The summed E-state index contributed by atoms with van der Waals surface area (Å²) in [5.41, 5.74) is -0.0478. The average Bonchev–Trinajstić information content (AvgIpc) is 2.26. The van der Waals surface area contributed by atoms with E-state index in [0.29, 0.717) is 5.75 Å². The Labute approximate surface area is 85.3 Å². The van der Waals surface area contributed by atoms with Crippen molar-refractivity contribution in [2.75, 3.05) is 13.3 Å². The van der Waals surface area contributed by atoms with E-state index < -0.39 is 17.7 Å². The molecule has 1 unspecified atom stereocenters. The number of rotatable bonds is 5. The van der Waals surface area contributed by atoms with E-state index in [4.69, 9.17) is 9.84 Å². The molecule has 15 heavy (non-hydrogen) atoms. The van der Waals surface area contributed by atoms with Crippen LogP contribution in [0, 0.1) is 10.1 Å². The lowest BCUT2D eigenvalue weighted by atomic mass is 10.3. The third-order valence-corrected chi connectivity index (χ3v) is 1.67. The van der Waals surface area contributed by atoms with E-state index in [1.165, 1.54) is 24.3 Å². The van der Waals surface area contributed by atoms with Gasteiger partial charge in [0.25, 0.3) is 5.69 Å². The number of halogens is 1. The van der Waals surface area contributed by atoms with E-state index in [9.17, 15) is 14.5 Å². The highest BCUT2D eigenvalue weighted by atomic mass is 19.1. The van der Waals surface area contributed by atoms with Crippen molar-refractivity contribution >= 4 is 5.69 Å². The van der Waals surface area contributed by atoms with Gasteiger partial charge in [-0.2, -0.15) is 0 Å². The van der Waals surface area contributed by atoms with E-state index in [1.54, 1.807) is 0 Å². The van der Waals surface area contributed by atoms with Crippen LogP contribution in [0.1, 0.15) is 0 Å². The molecule has 0 saturated carbocycles. The van der Waals surface area contributed by atoms with Gasteiger partial charge in [-0.25, -0.2) is 4.39 Å². The van der Waals surface area contributed by atoms with Crippen LogP contribution in [0.4, 0.5) is 10.1 Å². The summed E-state index contributed by atoms with van der Waals surface area (Å²) in [6.07, 6.45) is -1.17. The Morgan fingerprint density at radius 3 is 2.53 bits per heavy atom. The Bertz CT molecular complexity index is 327. The molecule has 0 amide bonds. The molecule has 1 rings (SSSR count). The smallest absolute Gasteiger partial charge is 0.269 e. The molecule has 1 aromatic rings. The van der Waals surface area contributed by atoms with Crippen molar-refractivity contribution in [3.63, 3.8) is 0 Å². The Morgan fingerprint density at radius 2 is 2.07 bits per heavy atom.